The van der Waals surface area contributed by atoms with Crippen LogP contribution in [0.3, 0.4) is 0 Å². The lowest BCUT2D eigenvalue weighted by molar-refractivity contribution is -0.352. The number of fused-ring (bicyclic) bond motifs is 1. The van der Waals surface area contributed by atoms with Crippen LogP contribution in [0, 0.1) is 0 Å². The van der Waals surface area contributed by atoms with Crippen LogP contribution in [0.2, 0.25) is 0 Å². The zero-order chi connectivity index (χ0) is 33.6. The molecule has 3 heterocycles. The molecular weight excluding hydrogens is 624 g/mol. The minimum atomic E-state index is -2.08. The molecule has 0 spiro atoms. The predicted octanol–water partition coefficient (Wildman–Crippen LogP) is -2.71. The fourth-order valence-electron chi connectivity index (χ4n) is 5.17. The summed E-state index contributed by atoms with van der Waals surface area (Å²) >= 11 is 0. The number of aliphatic hydroxyl groups excluding tert-OH is 7. The second-order valence-corrected chi connectivity index (χ2v) is 10.6. The maximum Gasteiger partial charge on any atom is 0.239 e. The second kappa shape index (κ2) is 13.0. The van der Waals surface area contributed by atoms with Crippen LogP contribution in [0.1, 0.15) is 0 Å². The van der Waals surface area contributed by atoms with Gasteiger partial charge in [0, 0.05) is 11.6 Å². The maximum atomic E-state index is 13.7. The summed E-state index contributed by atoms with van der Waals surface area (Å²) in [6.07, 6.45) is -17.9. The topological polar surface area (TPSA) is 299 Å². The number of aliphatic hydroxyl groups is 7. The molecule has 0 bridgehead atoms. The Kier molecular flexibility index (Phi) is 9.47. The van der Waals surface area contributed by atoms with Gasteiger partial charge < -0.3 is 84.3 Å². The molecular formula is C28H32O18. The van der Waals surface area contributed by atoms with Crippen molar-refractivity contribution in [1.82, 2.24) is 0 Å². The molecule has 46 heavy (non-hydrogen) atoms. The number of hydrogen-bond acceptors (Lipinski definition) is 18. The lowest BCUT2D eigenvalue weighted by Gasteiger charge is -2.45. The summed E-state index contributed by atoms with van der Waals surface area (Å²) in [4.78, 5) is 13.7. The van der Waals surface area contributed by atoms with Crippen molar-refractivity contribution in [2.45, 2.75) is 61.4 Å². The predicted molar refractivity (Wildman–Crippen MR) is 148 cm³/mol. The van der Waals surface area contributed by atoms with Gasteiger partial charge in [-0.05, 0) is 18.2 Å². The summed E-state index contributed by atoms with van der Waals surface area (Å²) in [5.41, 5.74) is -1.52. The monoisotopic (exact) mass is 656 g/mol. The van der Waals surface area contributed by atoms with E-state index in [1.54, 1.807) is 0 Å². The molecule has 18 nitrogen and oxygen atoms in total. The number of phenols is 4. The molecule has 0 unspecified atom stereocenters. The molecule has 5 rings (SSSR count). The Bertz CT molecular complexity index is 1620. The highest BCUT2D eigenvalue weighted by Gasteiger charge is 2.51. The smallest absolute Gasteiger partial charge is 0.239 e. The molecule has 2 saturated heterocycles. The van der Waals surface area contributed by atoms with Crippen LogP contribution in [-0.2, 0) is 14.2 Å². The summed E-state index contributed by atoms with van der Waals surface area (Å²) in [7, 11) is 1.17. The Morgan fingerprint density at radius 2 is 1.41 bits per heavy atom. The van der Waals surface area contributed by atoms with Crippen molar-refractivity contribution in [3.63, 3.8) is 0 Å². The number of aromatic hydroxyl groups is 4. The van der Waals surface area contributed by atoms with Gasteiger partial charge in [-0.25, -0.2) is 0 Å². The molecule has 3 aromatic rings. The molecule has 10 atom stereocenters. The van der Waals surface area contributed by atoms with E-state index in [9.17, 15) is 61.0 Å². The van der Waals surface area contributed by atoms with Crippen molar-refractivity contribution >= 4 is 11.0 Å². The van der Waals surface area contributed by atoms with Crippen molar-refractivity contribution < 1.29 is 84.3 Å². The molecule has 0 radical (unpaired) electrons. The largest absolute Gasteiger partial charge is 0.504 e. The molecule has 2 fully saturated rings. The van der Waals surface area contributed by atoms with E-state index in [0.29, 0.717) is 0 Å². The molecule has 1 aromatic heterocycles. The Labute approximate surface area is 257 Å². The first kappa shape index (κ1) is 33.4. The molecule has 2 aromatic carbocycles. The molecule has 0 aliphatic carbocycles. The molecule has 11 N–H and O–H groups in total. The summed E-state index contributed by atoms with van der Waals surface area (Å²) in [6, 6.07) is 4.36. The summed E-state index contributed by atoms with van der Waals surface area (Å²) < 4.78 is 32.9. The van der Waals surface area contributed by atoms with Gasteiger partial charge in [-0.3, -0.25) is 4.79 Å². The van der Waals surface area contributed by atoms with Crippen LogP contribution in [0.4, 0.5) is 0 Å². The van der Waals surface area contributed by atoms with Gasteiger partial charge in [0.25, 0.3) is 0 Å². The lowest BCUT2D eigenvalue weighted by Crippen LogP contribution is -2.65. The van der Waals surface area contributed by atoms with Gasteiger partial charge in [-0.2, -0.15) is 0 Å². The second-order valence-electron chi connectivity index (χ2n) is 10.6. The van der Waals surface area contributed by atoms with E-state index in [0.717, 1.165) is 18.2 Å². The van der Waals surface area contributed by atoms with Crippen LogP contribution < -0.4 is 14.9 Å². The van der Waals surface area contributed by atoms with E-state index in [4.69, 9.17) is 28.1 Å². The van der Waals surface area contributed by atoms with Crippen molar-refractivity contribution in [1.29, 1.82) is 0 Å². The third-order valence-corrected chi connectivity index (χ3v) is 7.71. The average molecular weight is 657 g/mol. The molecule has 2 aliphatic rings. The van der Waals surface area contributed by atoms with Crippen LogP contribution >= 0.6 is 0 Å². The van der Waals surface area contributed by atoms with Crippen molar-refractivity contribution in [2.75, 3.05) is 20.3 Å². The third kappa shape index (κ3) is 5.75. The van der Waals surface area contributed by atoms with Gasteiger partial charge in [0.1, 0.15) is 59.8 Å². The highest BCUT2D eigenvalue weighted by molar-refractivity contribution is 5.91. The van der Waals surface area contributed by atoms with E-state index in [2.05, 4.69) is 0 Å². The SMILES string of the molecule is COc1cc2oc(-c3ccc(O)c(O)c3)c(O[C@@H]3O[C@H](CO)[C@@H](O[C@@H]4O[C@H](CO)[C@@H](O)[C@H](O)[C@H]4O)[C@H](O)[C@H]3O)c(=O)c2c(O)c1O. The Morgan fingerprint density at radius 3 is 2.04 bits per heavy atom. The first-order chi connectivity index (χ1) is 21.8. The zero-order valence-electron chi connectivity index (χ0n) is 23.8. The Morgan fingerprint density at radius 1 is 0.761 bits per heavy atom. The van der Waals surface area contributed by atoms with Gasteiger partial charge in [-0.1, -0.05) is 0 Å². The highest BCUT2D eigenvalue weighted by Crippen LogP contribution is 2.44. The molecule has 2 aliphatic heterocycles. The maximum absolute atomic E-state index is 13.7. The van der Waals surface area contributed by atoms with Crippen LogP contribution in [0.15, 0.2) is 33.5 Å². The van der Waals surface area contributed by atoms with Crippen molar-refractivity contribution in [3.05, 3.63) is 34.5 Å². The number of hydrogen-bond donors (Lipinski definition) is 11. The number of benzene rings is 2. The van der Waals surface area contributed by atoms with Gasteiger partial charge in [0.2, 0.25) is 23.2 Å². The normalized spacial score (nSPS) is 31.6. The standard InChI is InChI=1S/C28H32O18/c1-41-12-5-11-15(18(35)16(12)33)19(36)26(24(42-11)8-2-3-9(31)10(32)4-8)46-28-23(40)21(38)25(14(7-30)44-28)45-27-22(39)20(37)17(34)13(6-29)43-27/h2-5,13-14,17,20-23,25,27-35,37-40H,6-7H2,1H3/t13-,14-,17-,20+,21-,22-,23-,25-,27+,28+/m1/s1. The van der Waals surface area contributed by atoms with Gasteiger partial charge in [0.15, 0.2) is 35.0 Å². The Balaban J connectivity index is 1.52. The molecule has 18 heteroatoms. The molecule has 252 valence electrons. The minimum Gasteiger partial charge on any atom is -0.504 e. The number of ether oxygens (including phenoxy) is 5. The van der Waals surface area contributed by atoms with E-state index >= 15 is 0 Å². The third-order valence-electron chi connectivity index (χ3n) is 7.71. The number of phenolic OH excluding ortho intramolecular Hbond substituents is 4. The minimum absolute atomic E-state index is 0.0655. The van der Waals surface area contributed by atoms with Gasteiger partial charge >= 0.3 is 0 Å². The quantitative estimate of drug-likeness (QED) is 0.110. The zero-order valence-corrected chi connectivity index (χ0v) is 23.8. The van der Waals surface area contributed by atoms with Crippen molar-refractivity contribution in [2.24, 2.45) is 0 Å². The number of rotatable bonds is 8. The fourth-order valence-corrected chi connectivity index (χ4v) is 5.17. The number of methoxy groups -OCH3 is 1. The fraction of sp³-hybridized carbons (Fsp3) is 0.464. The van der Waals surface area contributed by atoms with Crippen LogP contribution in [-0.4, -0.2) is 138 Å². The summed E-state index contributed by atoms with van der Waals surface area (Å²) in [5.74, 6) is -4.42. The first-order valence-electron chi connectivity index (χ1n) is 13.7. The van der Waals surface area contributed by atoms with Crippen molar-refractivity contribution in [3.8, 4) is 45.8 Å². The summed E-state index contributed by atoms with van der Waals surface area (Å²) in [6.45, 7) is -1.70. The average Bonchev–Trinajstić information content (AvgIpc) is 3.04. The molecule has 0 amide bonds. The first-order valence-corrected chi connectivity index (χ1v) is 13.7. The van der Waals surface area contributed by atoms with Gasteiger partial charge in [-0.15, -0.1) is 0 Å². The van der Waals surface area contributed by atoms with E-state index in [-0.39, 0.29) is 16.9 Å². The Hall–Kier alpha value is -3.95. The lowest BCUT2D eigenvalue weighted by atomic mass is 9.97. The highest BCUT2D eigenvalue weighted by atomic mass is 16.7. The van der Waals surface area contributed by atoms with Crippen LogP contribution in [0.25, 0.3) is 22.3 Å². The van der Waals surface area contributed by atoms with Crippen LogP contribution in [0.5, 0.6) is 34.5 Å². The van der Waals surface area contributed by atoms with Gasteiger partial charge in [0.05, 0.1) is 20.3 Å². The van der Waals surface area contributed by atoms with E-state index in [1.807, 2.05) is 0 Å². The van der Waals surface area contributed by atoms with E-state index in [1.165, 1.54) is 13.2 Å². The molecule has 0 saturated carbocycles. The summed E-state index contributed by atoms with van der Waals surface area (Å²) in [5, 5.41) is 112. The van der Waals surface area contributed by atoms with E-state index < -0.39 is 120 Å².